The number of amides is 1. The Morgan fingerprint density at radius 3 is 2.52 bits per heavy atom. The van der Waals surface area contributed by atoms with Gasteiger partial charge in [0.1, 0.15) is 11.6 Å². The molecule has 1 aromatic heterocycles. The van der Waals surface area contributed by atoms with Crippen LogP contribution in [0.1, 0.15) is 23.3 Å². The number of rotatable bonds is 3. The van der Waals surface area contributed by atoms with E-state index < -0.39 is 29.1 Å². The molecule has 2 N–H and O–H groups in total. The number of carbonyl (C=O) groups is 2. The highest BCUT2D eigenvalue weighted by Crippen LogP contribution is 2.23. The minimum Gasteiger partial charge on any atom is -0.479 e. The lowest BCUT2D eigenvalue weighted by Crippen LogP contribution is -2.54. The first-order chi connectivity index (χ1) is 11.8. The highest BCUT2D eigenvalue weighted by atomic mass is 19.1. The topological polar surface area (TPSA) is 95.7 Å². The van der Waals surface area contributed by atoms with E-state index in [9.17, 15) is 23.5 Å². The van der Waals surface area contributed by atoms with E-state index in [-0.39, 0.29) is 30.9 Å². The van der Waals surface area contributed by atoms with E-state index in [4.69, 9.17) is 5.11 Å². The van der Waals surface area contributed by atoms with Crippen LogP contribution in [0, 0.1) is 11.6 Å². The van der Waals surface area contributed by atoms with E-state index in [1.807, 2.05) is 0 Å². The Hall–Kier alpha value is -2.81. The lowest BCUT2D eigenvalue weighted by molar-refractivity contribution is -0.163. The zero-order valence-corrected chi connectivity index (χ0v) is 13.0. The average Bonchev–Trinajstić information content (AvgIpc) is 3.03. The molecule has 132 valence electrons. The molecule has 1 atom stereocenters. The molecule has 1 saturated heterocycles. The minimum atomic E-state index is -1.98. The van der Waals surface area contributed by atoms with Crippen molar-refractivity contribution in [3.05, 3.63) is 47.8 Å². The van der Waals surface area contributed by atoms with Crippen molar-refractivity contribution in [3.63, 3.8) is 0 Å². The first-order valence-electron chi connectivity index (χ1n) is 7.56. The van der Waals surface area contributed by atoms with Gasteiger partial charge in [0.15, 0.2) is 11.3 Å². The standard InChI is InChI=1S/C16H15F2N3O4/c17-10-6-11(18)8-12(7-10)21-5-2-13(19-21)14(22)20-4-1-3-16(25,9-20)15(23)24/h2,5-8,25H,1,3-4,9H2,(H,23,24). The third-order valence-electron chi connectivity index (χ3n) is 4.08. The number of likely N-dealkylation sites (tertiary alicyclic amines) is 1. The maximum atomic E-state index is 13.3. The van der Waals surface area contributed by atoms with Crippen molar-refractivity contribution in [2.75, 3.05) is 13.1 Å². The number of hydrogen-bond acceptors (Lipinski definition) is 4. The van der Waals surface area contributed by atoms with Gasteiger partial charge in [-0.15, -0.1) is 0 Å². The molecule has 1 aliphatic heterocycles. The molecule has 1 amide bonds. The zero-order chi connectivity index (χ0) is 18.2. The molecule has 0 spiro atoms. The predicted molar refractivity (Wildman–Crippen MR) is 81.2 cm³/mol. The summed E-state index contributed by atoms with van der Waals surface area (Å²) in [5.74, 6) is -3.50. The number of carbonyl (C=O) groups excluding carboxylic acids is 1. The Morgan fingerprint density at radius 2 is 1.88 bits per heavy atom. The fourth-order valence-electron chi connectivity index (χ4n) is 2.80. The SMILES string of the molecule is O=C(c1ccn(-c2cc(F)cc(F)c2)n1)N1CCCC(O)(C(=O)O)C1. The molecule has 1 aliphatic rings. The Kier molecular flexibility index (Phi) is 4.25. The summed E-state index contributed by atoms with van der Waals surface area (Å²) in [6.07, 6.45) is 1.77. The van der Waals surface area contributed by atoms with Gasteiger partial charge in [-0.25, -0.2) is 18.3 Å². The van der Waals surface area contributed by atoms with Crippen LogP contribution in [0.5, 0.6) is 0 Å². The van der Waals surface area contributed by atoms with E-state index in [1.165, 1.54) is 17.2 Å². The number of carboxylic acid groups (broad SMARTS) is 1. The van der Waals surface area contributed by atoms with Crippen LogP contribution in [0.15, 0.2) is 30.5 Å². The van der Waals surface area contributed by atoms with Gasteiger partial charge in [-0.2, -0.15) is 5.10 Å². The fraction of sp³-hybridized carbons (Fsp3) is 0.312. The summed E-state index contributed by atoms with van der Waals surface area (Å²) in [4.78, 5) is 24.8. The summed E-state index contributed by atoms with van der Waals surface area (Å²) in [5, 5.41) is 23.1. The van der Waals surface area contributed by atoms with Crippen molar-refractivity contribution in [2.24, 2.45) is 0 Å². The summed E-state index contributed by atoms with van der Waals surface area (Å²) in [5.41, 5.74) is -1.89. The van der Waals surface area contributed by atoms with Crippen molar-refractivity contribution in [1.29, 1.82) is 0 Å². The van der Waals surface area contributed by atoms with Gasteiger partial charge in [0.25, 0.3) is 5.91 Å². The van der Waals surface area contributed by atoms with Crippen molar-refractivity contribution in [1.82, 2.24) is 14.7 Å². The number of nitrogens with zero attached hydrogens (tertiary/aromatic N) is 3. The van der Waals surface area contributed by atoms with Crippen molar-refractivity contribution < 1.29 is 28.6 Å². The number of carboxylic acids is 1. The fourth-order valence-corrected chi connectivity index (χ4v) is 2.80. The molecule has 7 nitrogen and oxygen atoms in total. The Balaban J connectivity index is 1.82. The van der Waals surface area contributed by atoms with E-state index in [1.54, 1.807) is 0 Å². The van der Waals surface area contributed by atoms with Crippen LogP contribution in [-0.2, 0) is 4.79 Å². The molecule has 1 fully saturated rings. The van der Waals surface area contributed by atoms with Gasteiger partial charge in [-0.3, -0.25) is 4.79 Å². The summed E-state index contributed by atoms with van der Waals surface area (Å²) in [7, 11) is 0. The molecule has 0 aliphatic carbocycles. The van der Waals surface area contributed by atoms with Gasteiger partial charge in [-0.1, -0.05) is 0 Å². The molecule has 0 bridgehead atoms. The van der Waals surface area contributed by atoms with E-state index in [0.717, 1.165) is 22.9 Å². The second kappa shape index (κ2) is 6.25. The molecular formula is C16H15F2N3O4. The van der Waals surface area contributed by atoms with E-state index in [0.29, 0.717) is 6.42 Å². The van der Waals surface area contributed by atoms with E-state index in [2.05, 4.69) is 5.10 Å². The third-order valence-corrected chi connectivity index (χ3v) is 4.08. The summed E-state index contributed by atoms with van der Waals surface area (Å²) in [6.45, 7) is -0.0570. The molecule has 1 unspecified atom stereocenters. The Morgan fingerprint density at radius 1 is 1.20 bits per heavy atom. The van der Waals surface area contributed by atoms with Gasteiger partial charge >= 0.3 is 5.97 Å². The van der Waals surface area contributed by atoms with Crippen LogP contribution in [0.2, 0.25) is 0 Å². The summed E-state index contributed by atoms with van der Waals surface area (Å²) in [6, 6.07) is 4.21. The monoisotopic (exact) mass is 351 g/mol. The van der Waals surface area contributed by atoms with E-state index >= 15 is 0 Å². The number of piperidine rings is 1. The van der Waals surface area contributed by atoms with Crippen molar-refractivity contribution in [3.8, 4) is 5.69 Å². The Labute approximate surface area is 141 Å². The molecular weight excluding hydrogens is 336 g/mol. The molecule has 3 rings (SSSR count). The van der Waals surface area contributed by atoms with Crippen LogP contribution in [0.4, 0.5) is 8.78 Å². The number of aliphatic carboxylic acids is 1. The van der Waals surface area contributed by atoms with Gasteiger partial charge in [0.05, 0.1) is 12.2 Å². The number of β-amino-alcohol motifs (C(OH)–C–C–N with tert-alkyl or cyclic N) is 1. The number of aromatic nitrogens is 2. The molecule has 2 heterocycles. The number of hydrogen-bond donors (Lipinski definition) is 2. The van der Waals surface area contributed by atoms with Crippen molar-refractivity contribution >= 4 is 11.9 Å². The number of halogens is 2. The lowest BCUT2D eigenvalue weighted by Gasteiger charge is -2.35. The highest BCUT2D eigenvalue weighted by Gasteiger charge is 2.42. The summed E-state index contributed by atoms with van der Waals surface area (Å²) >= 11 is 0. The third kappa shape index (κ3) is 3.36. The van der Waals surface area contributed by atoms with Crippen LogP contribution in [0.3, 0.4) is 0 Å². The van der Waals surface area contributed by atoms with Crippen molar-refractivity contribution in [2.45, 2.75) is 18.4 Å². The molecule has 1 aromatic carbocycles. The quantitative estimate of drug-likeness (QED) is 0.866. The molecule has 0 saturated carbocycles. The highest BCUT2D eigenvalue weighted by molar-refractivity contribution is 5.93. The second-order valence-electron chi connectivity index (χ2n) is 5.94. The average molecular weight is 351 g/mol. The molecule has 0 radical (unpaired) electrons. The predicted octanol–water partition coefficient (Wildman–Crippen LogP) is 1.20. The number of aliphatic hydroxyl groups is 1. The van der Waals surface area contributed by atoms with Gasteiger partial charge in [0.2, 0.25) is 0 Å². The van der Waals surface area contributed by atoms with Gasteiger partial charge < -0.3 is 15.1 Å². The minimum absolute atomic E-state index is 0.0145. The summed E-state index contributed by atoms with van der Waals surface area (Å²) < 4.78 is 27.7. The molecule has 25 heavy (non-hydrogen) atoms. The van der Waals surface area contributed by atoms with Gasteiger partial charge in [-0.05, 0) is 31.0 Å². The van der Waals surface area contributed by atoms with Crippen LogP contribution in [-0.4, -0.2) is 55.5 Å². The largest absolute Gasteiger partial charge is 0.479 e. The first kappa shape index (κ1) is 17.0. The second-order valence-corrected chi connectivity index (χ2v) is 5.94. The first-order valence-corrected chi connectivity index (χ1v) is 7.56. The smallest absolute Gasteiger partial charge is 0.337 e. The van der Waals surface area contributed by atoms with Gasteiger partial charge in [0, 0.05) is 18.8 Å². The zero-order valence-electron chi connectivity index (χ0n) is 13.0. The molecule has 2 aromatic rings. The van der Waals surface area contributed by atoms with Crippen LogP contribution in [0.25, 0.3) is 5.69 Å². The molecule has 9 heteroatoms. The van der Waals surface area contributed by atoms with Crippen LogP contribution >= 0.6 is 0 Å². The normalized spacial score (nSPS) is 20.5. The maximum absolute atomic E-state index is 13.3. The maximum Gasteiger partial charge on any atom is 0.337 e. The van der Waals surface area contributed by atoms with Crippen LogP contribution < -0.4 is 0 Å². The Bertz CT molecular complexity index is 818. The lowest BCUT2D eigenvalue weighted by atomic mass is 9.93. The number of benzene rings is 1.